The van der Waals surface area contributed by atoms with Crippen LogP contribution in [0.3, 0.4) is 0 Å². The van der Waals surface area contributed by atoms with E-state index in [0.29, 0.717) is 0 Å². The van der Waals surface area contributed by atoms with Crippen LogP contribution < -0.4 is 10.6 Å². The van der Waals surface area contributed by atoms with E-state index in [0.717, 1.165) is 56.4 Å². The van der Waals surface area contributed by atoms with Crippen molar-refractivity contribution in [2.75, 3.05) is 13.6 Å². The van der Waals surface area contributed by atoms with Gasteiger partial charge in [-0.05, 0) is 43.7 Å². The van der Waals surface area contributed by atoms with Crippen molar-refractivity contribution in [3.63, 3.8) is 0 Å². The molecule has 2 heterocycles. The van der Waals surface area contributed by atoms with E-state index in [2.05, 4.69) is 56.9 Å². The van der Waals surface area contributed by atoms with Gasteiger partial charge in [-0.3, -0.25) is 4.99 Å². The summed E-state index contributed by atoms with van der Waals surface area (Å²) in [5.74, 6) is 2.67. The van der Waals surface area contributed by atoms with Crippen LogP contribution >= 0.6 is 0 Å². The Hall–Kier alpha value is -2.37. The molecule has 0 aliphatic carbocycles. The number of hydrogen-bond donors (Lipinski definition) is 2. The smallest absolute Gasteiger partial charge is 0.191 e. The summed E-state index contributed by atoms with van der Waals surface area (Å²) in [6.07, 6.45) is 4.22. The van der Waals surface area contributed by atoms with Crippen LogP contribution in [0, 0.1) is 6.92 Å². The number of nitrogens with one attached hydrogen (secondary N) is 2. The van der Waals surface area contributed by atoms with Gasteiger partial charge in [0.25, 0.3) is 0 Å². The van der Waals surface area contributed by atoms with Gasteiger partial charge in [-0.1, -0.05) is 31.2 Å². The number of fused-ring (bicyclic) bond motifs is 1. The standard InChI is InChI=1S/C19H28N6/c1-4-15-7-9-16(10-8-15)11-12-21-19(20-3)23-17-6-5-13-25-18(17)22-14(2)24-25/h7-10,17H,4-6,11-13H2,1-3H3,(H2,20,21,23). The van der Waals surface area contributed by atoms with Gasteiger partial charge in [0.1, 0.15) is 11.6 Å². The van der Waals surface area contributed by atoms with Crippen LogP contribution in [0.1, 0.15) is 48.6 Å². The summed E-state index contributed by atoms with van der Waals surface area (Å²) in [5, 5.41) is 11.4. The molecule has 25 heavy (non-hydrogen) atoms. The Kier molecular flexibility index (Phi) is 5.68. The molecule has 1 aliphatic rings. The predicted molar refractivity (Wildman–Crippen MR) is 101 cm³/mol. The van der Waals surface area contributed by atoms with Crippen LogP contribution in [0.15, 0.2) is 29.3 Å². The molecular formula is C19H28N6. The fourth-order valence-corrected chi connectivity index (χ4v) is 3.23. The third-order valence-electron chi connectivity index (χ3n) is 4.65. The number of aromatic nitrogens is 3. The summed E-state index contributed by atoms with van der Waals surface area (Å²) >= 11 is 0. The quantitative estimate of drug-likeness (QED) is 0.648. The maximum Gasteiger partial charge on any atom is 0.191 e. The number of aliphatic imine (C=N–C) groups is 1. The third-order valence-corrected chi connectivity index (χ3v) is 4.65. The minimum atomic E-state index is 0.171. The lowest BCUT2D eigenvalue weighted by Gasteiger charge is -2.25. The van der Waals surface area contributed by atoms with Crippen molar-refractivity contribution in [1.82, 2.24) is 25.4 Å². The summed E-state index contributed by atoms with van der Waals surface area (Å²) in [6, 6.07) is 9.01. The number of nitrogens with zero attached hydrogens (tertiary/aromatic N) is 4. The molecule has 1 aliphatic heterocycles. The van der Waals surface area contributed by atoms with Crippen molar-refractivity contribution in [3.8, 4) is 0 Å². The lowest BCUT2D eigenvalue weighted by Crippen LogP contribution is -2.42. The van der Waals surface area contributed by atoms with Gasteiger partial charge in [-0.2, -0.15) is 5.10 Å². The van der Waals surface area contributed by atoms with Gasteiger partial charge in [0.2, 0.25) is 0 Å². The van der Waals surface area contributed by atoms with Crippen molar-refractivity contribution < 1.29 is 0 Å². The first-order valence-electron chi connectivity index (χ1n) is 9.16. The predicted octanol–water partition coefficient (Wildman–Crippen LogP) is 2.39. The second kappa shape index (κ2) is 8.14. The van der Waals surface area contributed by atoms with Crippen LogP contribution in [0.2, 0.25) is 0 Å². The van der Waals surface area contributed by atoms with Gasteiger partial charge < -0.3 is 10.6 Å². The highest BCUT2D eigenvalue weighted by molar-refractivity contribution is 5.80. The second-order valence-corrected chi connectivity index (χ2v) is 6.50. The van der Waals surface area contributed by atoms with Crippen molar-refractivity contribution in [2.24, 2.45) is 4.99 Å². The molecule has 1 aromatic carbocycles. The Bertz CT molecular complexity index is 716. The second-order valence-electron chi connectivity index (χ2n) is 6.50. The van der Waals surface area contributed by atoms with Gasteiger partial charge in [-0.15, -0.1) is 0 Å². The first kappa shape index (κ1) is 17.5. The topological polar surface area (TPSA) is 67.1 Å². The number of guanidine groups is 1. The zero-order valence-corrected chi connectivity index (χ0v) is 15.4. The fourth-order valence-electron chi connectivity index (χ4n) is 3.23. The van der Waals surface area contributed by atoms with E-state index in [1.165, 1.54) is 11.1 Å². The van der Waals surface area contributed by atoms with Crippen LogP contribution in [0.4, 0.5) is 0 Å². The molecule has 0 radical (unpaired) electrons. The van der Waals surface area contributed by atoms with Crippen molar-refractivity contribution in [3.05, 3.63) is 47.0 Å². The molecule has 0 saturated carbocycles. The van der Waals surface area contributed by atoms with Crippen LogP contribution in [0.25, 0.3) is 0 Å². The minimum absolute atomic E-state index is 0.171. The fraction of sp³-hybridized carbons (Fsp3) is 0.526. The lowest BCUT2D eigenvalue weighted by molar-refractivity contribution is 0.398. The minimum Gasteiger partial charge on any atom is -0.356 e. The molecule has 0 amide bonds. The van der Waals surface area contributed by atoms with E-state index >= 15 is 0 Å². The van der Waals surface area contributed by atoms with E-state index in [1.54, 1.807) is 0 Å². The van der Waals surface area contributed by atoms with E-state index in [1.807, 2.05) is 18.7 Å². The SMILES string of the molecule is CCc1ccc(CCNC(=NC)NC2CCCn3nc(C)nc32)cc1. The van der Waals surface area contributed by atoms with Gasteiger partial charge in [0.15, 0.2) is 5.96 Å². The monoisotopic (exact) mass is 340 g/mol. The number of rotatable bonds is 5. The summed E-state index contributed by atoms with van der Waals surface area (Å²) in [4.78, 5) is 8.93. The highest BCUT2D eigenvalue weighted by Gasteiger charge is 2.24. The normalized spacial score (nSPS) is 17.2. The highest BCUT2D eigenvalue weighted by Crippen LogP contribution is 2.22. The van der Waals surface area contributed by atoms with Crippen molar-refractivity contribution in [1.29, 1.82) is 0 Å². The number of benzene rings is 1. The largest absolute Gasteiger partial charge is 0.356 e. The van der Waals surface area contributed by atoms with Gasteiger partial charge in [-0.25, -0.2) is 9.67 Å². The summed E-state index contributed by atoms with van der Waals surface area (Å²) < 4.78 is 2.01. The zero-order valence-electron chi connectivity index (χ0n) is 15.4. The molecule has 2 aromatic rings. The van der Waals surface area contributed by atoms with Crippen LogP contribution in [0.5, 0.6) is 0 Å². The van der Waals surface area contributed by atoms with Crippen molar-refractivity contribution in [2.45, 2.75) is 52.1 Å². The molecule has 1 unspecified atom stereocenters. The Morgan fingerprint density at radius 1 is 1.28 bits per heavy atom. The maximum atomic E-state index is 4.57. The molecule has 0 fully saturated rings. The van der Waals surface area contributed by atoms with Crippen LogP contribution in [-0.4, -0.2) is 34.3 Å². The molecule has 6 heteroatoms. The van der Waals surface area contributed by atoms with Crippen LogP contribution in [-0.2, 0) is 19.4 Å². The Morgan fingerprint density at radius 3 is 2.76 bits per heavy atom. The Balaban J connectivity index is 1.53. The molecule has 0 saturated heterocycles. The van der Waals surface area contributed by atoms with Gasteiger partial charge in [0, 0.05) is 20.1 Å². The molecule has 1 aromatic heterocycles. The molecule has 6 nitrogen and oxygen atoms in total. The number of aryl methyl sites for hydroxylation is 3. The lowest BCUT2D eigenvalue weighted by atomic mass is 10.1. The van der Waals surface area contributed by atoms with Crippen molar-refractivity contribution >= 4 is 5.96 Å². The van der Waals surface area contributed by atoms with E-state index in [9.17, 15) is 0 Å². The zero-order chi connectivity index (χ0) is 17.6. The number of hydrogen-bond acceptors (Lipinski definition) is 3. The average molecular weight is 340 g/mol. The van der Waals surface area contributed by atoms with E-state index in [-0.39, 0.29) is 6.04 Å². The summed E-state index contributed by atoms with van der Waals surface area (Å²) in [5.41, 5.74) is 2.72. The molecule has 2 N–H and O–H groups in total. The third kappa shape index (κ3) is 4.38. The Morgan fingerprint density at radius 2 is 2.04 bits per heavy atom. The first-order chi connectivity index (χ1) is 12.2. The average Bonchev–Trinajstić information content (AvgIpc) is 3.02. The molecule has 0 bridgehead atoms. The van der Waals surface area contributed by atoms with Gasteiger partial charge >= 0.3 is 0 Å². The first-order valence-corrected chi connectivity index (χ1v) is 9.16. The van der Waals surface area contributed by atoms with E-state index < -0.39 is 0 Å². The molecule has 134 valence electrons. The Labute approximate surface area is 149 Å². The molecule has 1 atom stereocenters. The molecule has 0 spiro atoms. The maximum absolute atomic E-state index is 4.57. The summed E-state index contributed by atoms with van der Waals surface area (Å²) in [6.45, 7) is 5.93. The molecule has 3 rings (SSSR count). The van der Waals surface area contributed by atoms with E-state index in [4.69, 9.17) is 0 Å². The molecular weight excluding hydrogens is 312 g/mol. The summed E-state index contributed by atoms with van der Waals surface area (Å²) in [7, 11) is 1.81. The van der Waals surface area contributed by atoms with Gasteiger partial charge in [0.05, 0.1) is 6.04 Å². The highest BCUT2D eigenvalue weighted by atomic mass is 15.4.